The Labute approximate surface area is 176 Å². The Morgan fingerprint density at radius 3 is 2.53 bits per heavy atom. The number of ether oxygens (including phenoxy) is 1. The molecule has 8 heteroatoms. The smallest absolute Gasteiger partial charge is 0.327 e. The summed E-state index contributed by atoms with van der Waals surface area (Å²) in [6.45, 7) is 5.10. The van der Waals surface area contributed by atoms with Crippen molar-refractivity contribution in [1.82, 2.24) is 10.2 Å². The monoisotopic (exact) mass is 415 g/mol. The number of carbonyl (C=O) groups is 4. The number of carbonyl (C=O) groups excluding carboxylic acids is 4. The van der Waals surface area contributed by atoms with Crippen LogP contribution in [0.5, 0.6) is 0 Å². The fraction of sp³-hybridized carbons (Fsp3) is 0.545. The van der Waals surface area contributed by atoms with Crippen LogP contribution in [0.2, 0.25) is 0 Å². The fourth-order valence-corrected chi connectivity index (χ4v) is 4.05. The van der Waals surface area contributed by atoms with Crippen LogP contribution in [-0.2, 0) is 19.1 Å². The Balaban J connectivity index is 1.58. The highest BCUT2D eigenvalue weighted by Crippen LogP contribution is 2.35. The van der Waals surface area contributed by atoms with Crippen molar-refractivity contribution in [2.45, 2.75) is 70.4 Å². The lowest BCUT2D eigenvalue weighted by molar-refractivity contribution is -0.155. The van der Waals surface area contributed by atoms with E-state index in [-0.39, 0.29) is 11.8 Å². The second-order valence-corrected chi connectivity index (χ2v) is 8.13. The second-order valence-electron chi connectivity index (χ2n) is 8.13. The lowest BCUT2D eigenvalue weighted by atomic mass is 9.97. The number of anilines is 1. The summed E-state index contributed by atoms with van der Waals surface area (Å²) in [7, 11) is 0. The number of hydrogen-bond donors (Lipinski definition) is 2. The van der Waals surface area contributed by atoms with Gasteiger partial charge in [0.1, 0.15) is 12.1 Å². The summed E-state index contributed by atoms with van der Waals surface area (Å²) in [6, 6.07) is 6.92. The van der Waals surface area contributed by atoms with Gasteiger partial charge in [-0.2, -0.15) is 0 Å². The van der Waals surface area contributed by atoms with Gasteiger partial charge in [-0.05, 0) is 43.7 Å². The maximum Gasteiger partial charge on any atom is 0.327 e. The van der Waals surface area contributed by atoms with E-state index in [1.165, 1.54) is 6.92 Å². The molecule has 30 heavy (non-hydrogen) atoms. The van der Waals surface area contributed by atoms with E-state index >= 15 is 0 Å². The molecule has 2 fully saturated rings. The number of amides is 4. The van der Waals surface area contributed by atoms with Gasteiger partial charge < -0.3 is 15.4 Å². The molecule has 1 aromatic carbocycles. The predicted octanol–water partition coefficient (Wildman–Crippen LogP) is 2.93. The molecule has 0 radical (unpaired) electrons. The molecule has 1 saturated carbocycles. The molecule has 8 nitrogen and oxygen atoms in total. The third-order valence-corrected chi connectivity index (χ3v) is 6.03. The summed E-state index contributed by atoms with van der Waals surface area (Å²) in [6.07, 6.45) is 2.74. The molecular formula is C22H29N3O5. The van der Waals surface area contributed by atoms with E-state index in [0.717, 1.165) is 29.7 Å². The van der Waals surface area contributed by atoms with Crippen LogP contribution in [-0.4, -0.2) is 46.9 Å². The molecule has 1 heterocycles. The number of para-hydroxylation sites is 1. The van der Waals surface area contributed by atoms with E-state index in [2.05, 4.69) is 24.5 Å². The third kappa shape index (κ3) is 4.32. The van der Waals surface area contributed by atoms with Gasteiger partial charge in [0.25, 0.3) is 11.8 Å². The van der Waals surface area contributed by atoms with Crippen LogP contribution in [0.1, 0.15) is 64.4 Å². The van der Waals surface area contributed by atoms with Gasteiger partial charge in [0.05, 0.1) is 0 Å². The molecule has 1 aliphatic carbocycles. The highest BCUT2D eigenvalue weighted by atomic mass is 16.5. The van der Waals surface area contributed by atoms with Gasteiger partial charge in [-0.25, -0.2) is 4.79 Å². The number of nitrogens with zero attached hydrogens (tertiary/aromatic N) is 1. The lowest BCUT2D eigenvalue weighted by Crippen LogP contribution is -2.44. The number of hydrogen-bond acceptors (Lipinski definition) is 5. The van der Waals surface area contributed by atoms with Gasteiger partial charge >= 0.3 is 12.0 Å². The molecule has 2 N–H and O–H groups in total. The average molecular weight is 415 g/mol. The van der Waals surface area contributed by atoms with Crippen molar-refractivity contribution < 1.29 is 23.9 Å². The van der Waals surface area contributed by atoms with E-state index in [9.17, 15) is 19.2 Å². The summed E-state index contributed by atoms with van der Waals surface area (Å²) in [4.78, 5) is 50.5. The van der Waals surface area contributed by atoms with E-state index in [4.69, 9.17) is 4.74 Å². The van der Waals surface area contributed by atoms with Crippen LogP contribution in [0, 0.1) is 0 Å². The zero-order valence-corrected chi connectivity index (χ0v) is 17.7. The van der Waals surface area contributed by atoms with Crippen LogP contribution in [0.15, 0.2) is 24.3 Å². The zero-order chi connectivity index (χ0) is 21.9. The van der Waals surface area contributed by atoms with Crippen LogP contribution < -0.4 is 10.6 Å². The average Bonchev–Trinajstić information content (AvgIpc) is 3.28. The van der Waals surface area contributed by atoms with Gasteiger partial charge in [0.2, 0.25) is 0 Å². The molecule has 1 aromatic rings. The van der Waals surface area contributed by atoms with Gasteiger partial charge in [-0.1, -0.05) is 44.9 Å². The lowest BCUT2D eigenvalue weighted by Gasteiger charge is -2.20. The number of esters is 1. The summed E-state index contributed by atoms with van der Waals surface area (Å²) < 4.78 is 5.20. The first-order valence-electron chi connectivity index (χ1n) is 10.5. The van der Waals surface area contributed by atoms with Crippen LogP contribution in [0.4, 0.5) is 10.5 Å². The number of imide groups is 1. The van der Waals surface area contributed by atoms with Crippen molar-refractivity contribution in [3.8, 4) is 0 Å². The molecule has 2 atom stereocenters. The molecule has 1 spiro atoms. The maximum absolute atomic E-state index is 12.6. The minimum Gasteiger partial charge on any atom is -0.451 e. The summed E-state index contributed by atoms with van der Waals surface area (Å²) in [5, 5.41) is 5.52. The van der Waals surface area contributed by atoms with Crippen molar-refractivity contribution in [1.29, 1.82) is 0 Å². The van der Waals surface area contributed by atoms with Crippen molar-refractivity contribution in [2.24, 2.45) is 0 Å². The van der Waals surface area contributed by atoms with Crippen molar-refractivity contribution in [2.75, 3.05) is 11.9 Å². The molecular weight excluding hydrogens is 386 g/mol. The highest BCUT2D eigenvalue weighted by molar-refractivity contribution is 6.09. The molecule has 162 valence electrons. The SMILES string of the molecule is CC[C@@H](C)c1ccccc1NC(=O)[C@H](C)OC(=O)CN1C(=O)NC2(CCCC2)C1=O. The number of nitrogens with one attached hydrogen (secondary N) is 2. The predicted molar refractivity (Wildman–Crippen MR) is 111 cm³/mol. The molecule has 0 unspecified atom stereocenters. The van der Waals surface area contributed by atoms with E-state index in [0.29, 0.717) is 18.5 Å². The normalized spacial score (nSPS) is 19.5. The van der Waals surface area contributed by atoms with Gasteiger partial charge in [0, 0.05) is 5.69 Å². The minimum absolute atomic E-state index is 0.266. The van der Waals surface area contributed by atoms with Crippen LogP contribution in [0.25, 0.3) is 0 Å². The van der Waals surface area contributed by atoms with Crippen molar-refractivity contribution >= 4 is 29.5 Å². The summed E-state index contributed by atoms with van der Waals surface area (Å²) in [5.74, 6) is -1.39. The molecule has 2 aliphatic rings. The van der Waals surface area contributed by atoms with E-state index in [1.54, 1.807) is 0 Å². The van der Waals surface area contributed by atoms with Crippen molar-refractivity contribution in [3.63, 3.8) is 0 Å². The van der Waals surface area contributed by atoms with Crippen LogP contribution in [0.3, 0.4) is 0 Å². The first-order chi connectivity index (χ1) is 14.3. The van der Waals surface area contributed by atoms with Gasteiger partial charge in [-0.15, -0.1) is 0 Å². The number of rotatable bonds is 7. The van der Waals surface area contributed by atoms with E-state index < -0.39 is 36.1 Å². The second kappa shape index (κ2) is 8.85. The minimum atomic E-state index is -1.07. The Morgan fingerprint density at radius 2 is 1.87 bits per heavy atom. The Morgan fingerprint density at radius 1 is 1.20 bits per heavy atom. The summed E-state index contributed by atoms with van der Waals surface area (Å²) in [5.41, 5.74) is 0.810. The molecule has 4 amide bonds. The summed E-state index contributed by atoms with van der Waals surface area (Å²) >= 11 is 0. The molecule has 0 bridgehead atoms. The zero-order valence-electron chi connectivity index (χ0n) is 17.7. The Bertz CT molecular complexity index is 847. The number of benzene rings is 1. The fourth-order valence-electron chi connectivity index (χ4n) is 4.05. The first kappa shape index (κ1) is 21.8. The van der Waals surface area contributed by atoms with E-state index in [1.807, 2.05) is 24.3 Å². The van der Waals surface area contributed by atoms with Crippen molar-refractivity contribution in [3.05, 3.63) is 29.8 Å². The third-order valence-electron chi connectivity index (χ3n) is 6.03. The van der Waals surface area contributed by atoms with Gasteiger partial charge in [0.15, 0.2) is 6.10 Å². The molecule has 1 saturated heterocycles. The Hall–Kier alpha value is -2.90. The van der Waals surface area contributed by atoms with Crippen LogP contribution >= 0.6 is 0 Å². The number of urea groups is 1. The topological polar surface area (TPSA) is 105 Å². The molecule has 3 rings (SSSR count). The highest BCUT2D eigenvalue weighted by Gasteiger charge is 2.52. The standard InChI is InChI=1S/C22H29N3O5/c1-4-14(2)16-9-5-6-10-17(16)23-19(27)15(3)30-18(26)13-25-20(28)22(24-21(25)29)11-7-8-12-22/h5-6,9-10,14-15H,4,7-8,11-13H2,1-3H3,(H,23,27)(H,24,29)/t14-,15+/m1/s1. The van der Waals surface area contributed by atoms with Gasteiger partial charge in [-0.3, -0.25) is 19.3 Å². The molecule has 0 aromatic heterocycles. The first-order valence-corrected chi connectivity index (χ1v) is 10.5. The quantitative estimate of drug-likeness (QED) is 0.526. The molecule has 1 aliphatic heterocycles. The maximum atomic E-state index is 12.6. The largest absolute Gasteiger partial charge is 0.451 e. The Kier molecular flexibility index (Phi) is 6.43.